The Morgan fingerprint density at radius 1 is 1.22 bits per heavy atom. The van der Waals surface area contributed by atoms with Gasteiger partial charge < -0.3 is 5.32 Å². The van der Waals surface area contributed by atoms with Crippen LogP contribution in [-0.2, 0) is 10.2 Å². The number of nitrogens with one attached hydrogen (secondary N) is 1. The van der Waals surface area contributed by atoms with Crippen LogP contribution in [0.15, 0.2) is 53.0 Å². The van der Waals surface area contributed by atoms with E-state index in [0.29, 0.717) is 11.5 Å². The molecule has 0 bridgehead atoms. The summed E-state index contributed by atoms with van der Waals surface area (Å²) in [4.78, 5) is 12.6. The zero-order chi connectivity index (χ0) is 16.6. The van der Waals surface area contributed by atoms with Crippen molar-refractivity contribution in [3.8, 4) is 0 Å². The maximum absolute atomic E-state index is 13.4. The first kappa shape index (κ1) is 16.2. The lowest BCUT2D eigenvalue weighted by molar-refractivity contribution is -0.125. The summed E-state index contributed by atoms with van der Waals surface area (Å²) in [6, 6.07) is 14.6. The van der Waals surface area contributed by atoms with Crippen LogP contribution in [0, 0.1) is 5.82 Å². The van der Waals surface area contributed by atoms with E-state index < -0.39 is 5.41 Å². The van der Waals surface area contributed by atoms with Crippen LogP contribution in [0.1, 0.15) is 37.3 Å². The predicted molar refractivity (Wildman–Crippen MR) is 92.9 cm³/mol. The van der Waals surface area contributed by atoms with Crippen LogP contribution in [0.4, 0.5) is 4.39 Å². The molecule has 2 atom stereocenters. The van der Waals surface area contributed by atoms with Gasteiger partial charge >= 0.3 is 0 Å². The van der Waals surface area contributed by atoms with Gasteiger partial charge in [0.15, 0.2) is 0 Å². The fraction of sp³-hybridized carbons (Fsp3) is 0.316. The van der Waals surface area contributed by atoms with Crippen LogP contribution in [0.5, 0.6) is 0 Å². The summed E-state index contributed by atoms with van der Waals surface area (Å²) in [6.45, 7) is 3.66. The summed E-state index contributed by atoms with van der Waals surface area (Å²) < 4.78 is 14.5. The first-order chi connectivity index (χ1) is 10.9. The Kier molecular flexibility index (Phi) is 4.28. The number of hydrogen-bond acceptors (Lipinski definition) is 1. The van der Waals surface area contributed by atoms with Crippen molar-refractivity contribution in [2.45, 2.75) is 37.6 Å². The molecule has 1 saturated carbocycles. The number of carbonyl (C=O) groups is 1. The van der Waals surface area contributed by atoms with Crippen LogP contribution in [0.25, 0.3) is 0 Å². The van der Waals surface area contributed by atoms with Gasteiger partial charge in [0, 0.05) is 16.4 Å². The predicted octanol–water partition coefficient (Wildman–Crippen LogP) is 4.54. The van der Waals surface area contributed by atoms with Gasteiger partial charge in [0.2, 0.25) is 5.91 Å². The second-order valence-corrected chi connectivity index (χ2v) is 7.52. The molecule has 0 aliphatic heterocycles. The van der Waals surface area contributed by atoms with E-state index in [1.807, 2.05) is 26.0 Å². The molecule has 120 valence electrons. The van der Waals surface area contributed by atoms with E-state index in [1.165, 1.54) is 17.7 Å². The van der Waals surface area contributed by atoms with E-state index in [2.05, 4.69) is 33.4 Å². The van der Waals surface area contributed by atoms with Gasteiger partial charge in [0.25, 0.3) is 0 Å². The molecular formula is C19H19BrFNO. The van der Waals surface area contributed by atoms with Crippen molar-refractivity contribution in [3.05, 3.63) is 69.9 Å². The Balaban J connectivity index is 1.67. The van der Waals surface area contributed by atoms with Gasteiger partial charge in [-0.1, -0.05) is 40.2 Å². The molecule has 1 aliphatic carbocycles. The molecule has 2 nitrogen and oxygen atoms in total. The van der Waals surface area contributed by atoms with E-state index in [4.69, 9.17) is 0 Å². The van der Waals surface area contributed by atoms with Crippen LogP contribution in [-0.4, -0.2) is 11.9 Å². The number of amides is 1. The second kappa shape index (κ2) is 6.08. The minimum Gasteiger partial charge on any atom is -0.352 e. The molecule has 1 amide bonds. The molecule has 0 aromatic heterocycles. The highest BCUT2D eigenvalue weighted by molar-refractivity contribution is 9.10. The highest BCUT2D eigenvalue weighted by atomic mass is 79.9. The standard InChI is InChI=1S/C19H19BrFNO/c1-19(2,13-4-3-5-15(21)10-13)18(23)22-17-11-16(17)12-6-8-14(20)9-7-12/h3-10,16-17H,11H2,1-2H3,(H,22,23)/t16-,17+/m0/s1. The zero-order valence-corrected chi connectivity index (χ0v) is 14.7. The lowest BCUT2D eigenvalue weighted by Gasteiger charge is -2.24. The number of halogens is 2. The number of rotatable bonds is 4. The van der Waals surface area contributed by atoms with Crippen molar-refractivity contribution >= 4 is 21.8 Å². The van der Waals surface area contributed by atoms with E-state index >= 15 is 0 Å². The Labute approximate surface area is 144 Å². The maximum Gasteiger partial charge on any atom is 0.230 e. The van der Waals surface area contributed by atoms with Crippen LogP contribution in [0.3, 0.4) is 0 Å². The summed E-state index contributed by atoms with van der Waals surface area (Å²) in [6.07, 6.45) is 0.951. The fourth-order valence-electron chi connectivity index (χ4n) is 2.79. The van der Waals surface area contributed by atoms with Gasteiger partial charge in [-0.2, -0.15) is 0 Å². The monoisotopic (exact) mass is 375 g/mol. The third-order valence-electron chi connectivity index (χ3n) is 4.52. The fourth-order valence-corrected chi connectivity index (χ4v) is 3.05. The van der Waals surface area contributed by atoms with Crippen molar-refractivity contribution in [1.82, 2.24) is 5.32 Å². The van der Waals surface area contributed by atoms with Gasteiger partial charge in [0.1, 0.15) is 5.82 Å². The molecular weight excluding hydrogens is 357 g/mol. The highest BCUT2D eigenvalue weighted by Gasteiger charge is 2.42. The molecule has 2 aromatic carbocycles. The third-order valence-corrected chi connectivity index (χ3v) is 5.05. The SMILES string of the molecule is CC(C)(C(=O)N[C@@H]1C[C@H]1c1ccc(Br)cc1)c1cccc(F)c1. The Hall–Kier alpha value is -1.68. The van der Waals surface area contributed by atoms with E-state index in [1.54, 1.807) is 12.1 Å². The highest BCUT2D eigenvalue weighted by Crippen LogP contribution is 2.41. The average Bonchev–Trinajstić information content (AvgIpc) is 3.27. The summed E-state index contributed by atoms with van der Waals surface area (Å²) >= 11 is 3.43. The molecule has 3 rings (SSSR count). The number of benzene rings is 2. The van der Waals surface area contributed by atoms with Gasteiger partial charge in [-0.25, -0.2) is 4.39 Å². The quantitative estimate of drug-likeness (QED) is 0.834. The lowest BCUT2D eigenvalue weighted by Crippen LogP contribution is -2.41. The van der Waals surface area contributed by atoms with Crippen LogP contribution >= 0.6 is 15.9 Å². The molecule has 1 fully saturated rings. The Morgan fingerprint density at radius 3 is 2.57 bits per heavy atom. The molecule has 0 saturated heterocycles. The van der Waals surface area contributed by atoms with Crippen molar-refractivity contribution < 1.29 is 9.18 Å². The second-order valence-electron chi connectivity index (χ2n) is 6.61. The lowest BCUT2D eigenvalue weighted by atomic mass is 9.83. The summed E-state index contributed by atoms with van der Waals surface area (Å²) in [5.74, 6) is -0.00870. The van der Waals surface area contributed by atoms with E-state index in [-0.39, 0.29) is 17.8 Å². The van der Waals surface area contributed by atoms with Crippen molar-refractivity contribution in [1.29, 1.82) is 0 Å². The molecule has 1 aliphatic rings. The normalized spacial score (nSPS) is 20.2. The van der Waals surface area contributed by atoms with Crippen molar-refractivity contribution in [2.75, 3.05) is 0 Å². The average molecular weight is 376 g/mol. The minimum atomic E-state index is -0.755. The molecule has 1 N–H and O–H groups in total. The zero-order valence-electron chi connectivity index (χ0n) is 13.1. The molecule has 0 heterocycles. The minimum absolute atomic E-state index is 0.0623. The molecule has 23 heavy (non-hydrogen) atoms. The van der Waals surface area contributed by atoms with Crippen molar-refractivity contribution in [2.24, 2.45) is 0 Å². The summed E-state index contributed by atoms with van der Waals surface area (Å²) in [5.41, 5.74) is 1.17. The van der Waals surface area contributed by atoms with Crippen LogP contribution < -0.4 is 5.32 Å². The van der Waals surface area contributed by atoms with Gasteiger partial charge in [-0.05, 0) is 55.7 Å². The molecule has 2 aromatic rings. The van der Waals surface area contributed by atoms with Crippen LogP contribution in [0.2, 0.25) is 0 Å². The first-order valence-electron chi connectivity index (χ1n) is 7.70. The maximum atomic E-state index is 13.4. The number of carbonyl (C=O) groups excluding carboxylic acids is 1. The molecule has 4 heteroatoms. The van der Waals surface area contributed by atoms with E-state index in [0.717, 1.165) is 10.9 Å². The summed E-state index contributed by atoms with van der Waals surface area (Å²) in [5, 5.41) is 3.10. The topological polar surface area (TPSA) is 29.1 Å². The number of hydrogen-bond donors (Lipinski definition) is 1. The van der Waals surface area contributed by atoms with Gasteiger partial charge in [-0.15, -0.1) is 0 Å². The summed E-state index contributed by atoms with van der Waals surface area (Å²) in [7, 11) is 0. The van der Waals surface area contributed by atoms with Gasteiger partial charge in [-0.3, -0.25) is 4.79 Å². The van der Waals surface area contributed by atoms with Gasteiger partial charge in [0.05, 0.1) is 5.41 Å². The molecule has 0 spiro atoms. The Morgan fingerprint density at radius 2 is 1.91 bits per heavy atom. The first-order valence-corrected chi connectivity index (χ1v) is 8.50. The Bertz CT molecular complexity index is 726. The molecule has 0 radical (unpaired) electrons. The molecule has 0 unspecified atom stereocenters. The van der Waals surface area contributed by atoms with E-state index in [9.17, 15) is 9.18 Å². The third kappa shape index (κ3) is 3.47. The largest absolute Gasteiger partial charge is 0.352 e. The smallest absolute Gasteiger partial charge is 0.230 e. The van der Waals surface area contributed by atoms with Crippen molar-refractivity contribution in [3.63, 3.8) is 0 Å².